The molecule has 0 unspecified atom stereocenters. The summed E-state index contributed by atoms with van der Waals surface area (Å²) in [6.07, 6.45) is 0. The number of nitrogens with one attached hydrogen (secondary N) is 1. The predicted molar refractivity (Wildman–Crippen MR) is 86.1 cm³/mol. The molecule has 0 bridgehead atoms. The number of benzene rings is 2. The van der Waals surface area contributed by atoms with Crippen molar-refractivity contribution in [3.8, 4) is 5.75 Å². The molecule has 0 fully saturated rings. The van der Waals surface area contributed by atoms with Crippen LogP contribution in [0.1, 0.15) is 5.56 Å². The maximum atomic E-state index is 10.8. The lowest BCUT2D eigenvalue weighted by Crippen LogP contribution is -2.02. The van der Waals surface area contributed by atoms with Crippen molar-refractivity contribution in [1.29, 1.82) is 0 Å². The lowest BCUT2D eigenvalue weighted by molar-refractivity contribution is -0.384. The first-order valence-corrected chi connectivity index (χ1v) is 7.18. The number of nitro benzene ring substituents is 1. The van der Waals surface area contributed by atoms with Gasteiger partial charge < -0.3 is 10.1 Å². The third-order valence-corrected chi connectivity index (χ3v) is 3.88. The Labute approximate surface area is 135 Å². The number of hydrogen-bond donors (Lipinski definition) is 1. The molecule has 0 heterocycles. The van der Waals surface area contributed by atoms with E-state index in [1.165, 1.54) is 19.2 Å². The predicted octanol–water partition coefficient (Wildman–Crippen LogP) is 4.63. The van der Waals surface area contributed by atoms with Crippen LogP contribution < -0.4 is 10.1 Å². The van der Waals surface area contributed by atoms with Gasteiger partial charge in [-0.3, -0.25) is 10.1 Å². The zero-order valence-electron chi connectivity index (χ0n) is 11.1. The molecule has 0 aliphatic rings. The van der Waals surface area contributed by atoms with Gasteiger partial charge in [0, 0.05) is 22.1 Å². The third kappa shape index (κ3) is 3.86. The fourth-order valence-corrected chi connectivity index (χ4v) is 2.39. The molecule has 0 radical (unpaired) electrons. The molecule has 0 aromatic heterocycles. The minimum absolute atomic E-state index is 0.0127. The van der Waals surface area contributed by atoms with Gasteiger partial charge in [-0.1, -0.05) is 27.5 Å². The number of halogens is 2. The highest BCUT2D eigenvalue weighted by atomic mass is 79.9. The second-order valence-corrected chi connectivity index (χ2v) is 5.52. The Kier molecular flexibility index (Phi) is 5.03. The summed E-state index contributed by atoms with van der Waals surface area (Å²) in [5.74, 6) is 0.419. The fraction of sp³-hybridized carbons (Fsp3) is 0.143. The molecular formula is C14H12BrClN2O3. The Hall–Kier alpha value is -1.79. The van der Waals surface area contributed by atoms with E-state index in [4.69, 9.17) is 16.3 Å². The number of anilines is 1. The summed E-state index contributed by atoms with van der Waals surface area (Å²) >= 11 is 9.42. The van der Waals surface area contributed by atoms with Crippen molar-refractivity contribution < 1.29 is 9.66 Å². The van der Waals surface area contributed by atoms with Crippen molar-refractivity contribution in [2.24, 2.45) is 0 Å². The van der Waals surface area contributed by atoms with Gasteiger partial charge >= 0.3 is 0 Å². The lowest BCUT2D eigenvalue weighted by Gasteiger charge is -2.12. The maximum absolute atomic E-state index is 10.8. The molecule has 0 spiro atoms. The minimum atomic E-state index is -0.458. The van der Waals surface area contributed by atoms with Crippen LogP contribution >= 0.6 is 27.5 Å². The van der Waals surface area contributed by atoms with E-state index in [1.54, 1.807) is 12.1 Å². The molecule has 5 nitrogen and oxygen atoms in total. The van der Waals surface area contributed by atoms with Gasteiger partial charge in [0.25, 0.3) is 5.69 Å². The first kappa shape index (κ1) is 15.6. The van der Waals surface area contributed by atoms with Gasteiger partial charge in [-0.2, -0.15) is 0 Å². The van der Waals surface area contributed by atoms with Crippen LogP contribution in [0.5, 0.6) is 5.75 Å². The molecule has 110 valence electrons. The Bertz CT molecular complexity index is 679. The molecule has 2 rings (SSSR count). The monoisotopic (exact) mass is 370 g/mol. The molecular weight excluding hydrogens is 360 g/mol. The summed E-state index contributed by atoms with van der Waals surface area (Å²) in [6.45, 7) is 0.509. The molecule has 0 aliphatic heterocycles. The first-order valence-electron chi connectivity index (χ1n) is 6.01. The topological polar surface area (TPSA) is 64.4 Å². The fourth-order valence-electron chi connectivity index (χ4n) is 1.81. The zero-order valence-corrected chi connectivity index (χ0v) is 13.4. The quantitative estimate of drug-likeness (QED) is 0.614. The van der Waals surface area contributed by atoms with E-state index in [0.717, 1.165) is 10.0 Å². The molecule has 0 saturated heterocycles. The van der Waals surface area contributed by atoms with Gasteiger partial charge in [-0.15, -0.1) is 0 Å². The second kappa shape index (κ2) is 6.78. The van der Waals surface area contributed by atoms with Crippen molar-refractivity contribution in [3.63, 3.8) is 0 Å². The van der Waals surface area contributed by atoms with Gasteiger partial charge in [0.15, 0.2) is 0 Å². The average Bonchev–Trinajstić information content (AvgIpc) is 2.47. The minimum Gasteiger partial charge on any atom is -0.494 e. The van der Waals surface area contributed by atoms with Crippen molar-refractivity contribution in [1.82, 2.24) is 0 Å². The molecule has 7 heteroatoms. The van der Waals surface area contributed by atoms with Crippen LogP contribution in [0.2, 0.25) is 5.02 Å². The van der Waals surface area contributed by atoms with Crippen molar-refractivity contribution in [2.75, 3.05) is 12.4 Å². The van der Waals surface area contributed by atoms with Crippen LogP contribution in [-0.2, 0) is 6.54 Å². The molecule has 0 saturated carbocycles. The van der Waals surface area contributed by atoms with E-state index >= 15 is 0 Å². The number of non-ortho nitro benzene ring substituents is 1. The Morgan fingerprint density at radius 3 is 2.76 bits per heavy atom. The van der Waals surface area contributed by atoms with Crippen molar-refractivity contribution in [2.45, 2.75) is 6.54 Å². The largest absolute Gasteiger partial charge is 0.494 e. The highest BCUT2D eigenvalue weighted by molar-refractivity contribution is 9.10. The van der Waals surface area contributed by atoms with E-state index in [1.807, 2.05) is 12.1 Å². The van der Waals surface area contributed by atoms with E-state index < -0.39 is 4.92 Å². The van der Waals surface area contributed by atoms with Crippen LogP contribution in [0.15, 0.2) is 40.9 Å². The van der Waals surface area contributed by atoms with Gasteiger partial charge in [0.05, 0.1) is 23.8 Å². The number of nitrogens with zero attached hydrogens (tertiary/aromatic N) is 1. The molecule has 0 aliphatic carbocycles. The second-order valence-electron chi connectivity index (χ2n) is 4.23. The van der Waals surface area contributed by atoms with Crippen molar-refractivity contribution >= 4 is 38.9 Å². The van der Waals surface area contributed by atoms with E-state index in [-0.39, 0.29) is 5.69 Å². The van der Waals surface area contributed by atoms with E-state index in [2.05, 4.69) is 21.2 Å². The third-order valence-electron chi connectivity index (χ3n) is 2.87. The van der Waals surface area contributed by atoms with E-state index in [0.29, 0.717) is 23.0 Å². The summed E-state index contributed by atoms with van der Waals surface area (Å²) < 4.78 is 6.10. The Morgan fingerprint density at radius 1 is 1.33 bits per heavy atom. The summed E-state index contributed by atoms with van der Waals surface area (Å²) in [6, 6.07) is 9.94. The molecule has 2 aromatic carbocycles. The first-order chi connectivity index (χ1) is 10.0. The van der Waals surface area contributed by atoms with Crippen LogP contribution in [-0.4, -0.2) is 12.0 Å². The highest BCUT2D eigenvalue weighted by Gasteiger charge is 2.11. The van der Waals surface area contributed by atoms with Crippen LogP contribution in [0, 0.1) is 10.1 Å². The lowest BCUT2D eigenvalue weighted by atomic mass is 10.2. The molecule has 1 N–H and O–H groups in total. The SMILES string of the molecule is COc1cc([N+](=O)[O-])ccc1NCc1cc(Cl)ccc1Br. The molecule has 2 aromatic rings. The van der Waals surface area contributed by atoms with Gasteiger partial charge in [-0.25, -0.2) is 0 Å². The smallest absolute Gasteiger partial charge is 0.273 e. The number of rotatable bonds is 5. The van der Waals surface area contributed by atoms with Gasteiger partial charge in [0.2, 0.25) is 0 Å². The molecule has 21 heavy (non-hydrogen) atoms. The Balaban J connectivity index is 2.19. The van der Waals surface area contributed by atoms with E-state index in [9.17, 15) is 10.1 Å². The van der Waals surface area contributed by atoms with Crippen molar-refractivity contribution in [3.05, 3.63) is 61.6 Å². The van der Waals surface area contributed by atoms with Gasteiger partial charge in [-0.05, 0) is 29.8 Å². The number of hydrogen-bond acceptors (Lipinski definition) is 4. The number of ether oxygens (including phenoxy) is 1. The summed E-state index contributed by atoms with van der Waals surface area (Å²) in [7, 11) is 1.47. The van der Waals surface area contributed by atoms with Crippen LogP contribution in [0.4, 0.5) is 11.4 Å². The van der Waals surface area contributed by atoms with Crippen LogP contribution in [0.25, 0.3) is 0 Å². The van der Waals surface area contributed by atoms with Gasteiger partial charge in [0.1, 0.15) is 5.75 Å². The van der Waals surface area contributed by atoms with Crippen LogP contribution in [0.3, 0.4) is 0 Å². The Morgan fingerprint density at radius 2 is 2.10 bits per heavy atom. The summed E-state index contributed by atoms with van der Waals surface area (Å²) in [4.78, 5) is 10.3. The zero-order chi connectivity index (χ0) is 15.4. The summed E-state index contributed by atoms with van der Waals surface area (Å²) in [5, 5.41) is 14.6. The maximum Gasteiger partial charge on any atom is 0.273 e. The average molecular weight is 372 g/mol. The number of nitro groups is 1. The normalized spacial score (nSPS) is 10.2. The molecule has 0 atom stereocenters. The number of methoxy groups -OCH3 is 1. The molecule has 0 amide bonds. The standard InChI is InChI=1S/C14H12BrClN2O3/c1-21-14-7-11(18(19)20)3-5-13(14)17-8-9-6-10(16)2-4-12(9)15/h2-7,17H,8H2,1H3. The highest BCUT2D eigenvalue weighted by Crippen LogP contribution is 2.30. The summed E-state index contributed by atoms with van der Waals surface area (Å²) in [5.41, 5.74) is 1.64.